The largest absolute Gasteiger partial charge is 0.391 e. The van der Waals surface area contributed by atoms with Gasteiger partial charge in [-0.15, -0.1) is 11.3 Å². The van der Waals surface area contributed by atoms with Crippen LogP contribution in [0.25, 0.3) is 0 Å². The molecule has 0 radical (unpaired) electrons. The second kappa shape index (κ2) is 6.76. The lowest BCUT2D eigenvalue weighted by Crippen LogP contribution is -2.47. The molecular weight excluding hydrogens is 302 g/mol. The Morgan fingerprint density at radius 2 is 2.32 bits per heavy atom. The first-order valence-electron chi connectivity index (χ1n) is 7.68. The minimum Gasteiger partial charge on any atom is -0.391 e. The van der Waals surface area contributed by atoms with Crippen LogP contribution in [0.2, 0.25) is 0 Å². The number of carbonyl (C=O) groups excluding carboxylic acids is 2. The van der Waals surface area contributed by atoms with E-state index < -0.39 is 6.10 Å². The van der Waals surface area contributed by atoms with Crippen molar-refractivity contribution in [2.24, 2.45) is 5.92 Å². The van der Waals surface area contributed by atoms with Crippen LogP contribution in [0.5, 0.6) is 0 Å². The van der Waals surface area contributed by atoms with Crippen LogP contribution in [0, 0.1) is 5.92 Å². The molecule has 0 bridgehead atoms. The van der Waals surface area contributed by atoms with Gasteiger partial charge in [-0.25, -0.2) is 0 Å². The minimum absolute atomic E-state index is 0.0480. The quantitative estimate of drug-likeness (QED) is 0.731. The Hall–Kier alpha value is -1.44. The molecule has 6 nitrogen and oxygen atoms in total. The Bertz CT molecular complexity index is 534. The van der Waals surface area contributed by atoms with Gasteiger partial charge in [-0.1, -0.05) is 6.07 Å². The summed E-state index contributed by atoms with van der Waals surface area (Å²) in [5.41, 5.74) is 0. The van der Waals surface area contributed by atoms with Crippen molar-refractivity contribution >= 4 is 23.2 Å². The Morgan fingerprint density at radius 1 is 1.45 bits per heavy atom. The topological polar surface area (TPSA) is 81.7 Å². The highest BCUT2D eigenvalue weighted by molar-refractivity contribution is 7.12. The van der Waals surface area contributed by atoms with Crippen LogP contribution in [0.15, 0.2) is 17.5 Å². The molecule has 2 amide bonds. The van der Waals surface area contributed by atoms with Crippen molar-refractivity contribution in [3.05, 3.63) is 22.4 Å². The smallest absolute Gasteiger partial charge is 0.264 e. The number of aliphatic hydroxyl groups excluding tert-OH is 1. The second-order valence-corrected chi connectivity index (χ2v) is 6.81. The van der Waals surface area contributed by atoms with Crippen LogP contribution in [0.3, 0.4) is 0 Å². The molecule has 3 atom stereocenters. The van der Waals surface area contributed by atoms with Crippen LogP contribution in [0.4, 0.5) is 0 Å². The summed E-state index contributed by atoms with van der Waals surface area (Å²) in [6, 6.07) is 3.25. The maximum atomic E-state index is 12.4. The molecule has 0 aromatic carbocycles. The lowest BCUT2D eigenvalue weighted by atomic mass is 10.1. The highest BCUT2D eigenvalue weighted by Crippen LogP contribution is 2.22. The first-order valence-corrected chi connectivity index (χ1v) is 8.55. The van der Waals surface area contributed by atoms with Gasteiger partial charge < -0.3 is 20.6 Å². The number of likely N-dealkylation sites (tertiary alicyclic amines) is 1. The highest BCUT2D eigenvalue weighted by atomic mass is 32.1. The van der Waals surface area contributed by atoms with E-state index >= 15 is 0 Å². The van der Waals surface area contributed by atoms with Gasteiger partial charge in [0.15, 0.2) is 0 Å². The summed E-state index contributed by atoms with van der Waals surface area (Å²) in [7, 11) is 0. The van der Waals surface area contributed by atoms with Crippen molar-refractivity contribution in [2.75, 3.05) is 26.2 Å². The highest BCUT2D eigenvalue weighted by Gasteiger charge is 2.35. The summed E-state index contributed by atoms with van der Waals surface area (Å²) in [5.74, 6) is -0.122. The lowest BCUT2D eigenvalue weighted by molar-refractivity contribution is -0.125. The molecule has 2 fully saturated rings. The van der Waals surface area contributed by atoms with Crippen molar-refractivity contribution in [2.45, 2.75) is 25.0 Å². The number of hydrogen-bond acceptors (Lipinski definition) is 5. The Labute approximate surface area is 133 Å². The molecule has 120 valence electrons. The van der Waals surface area contributed by atoms with E-state index in [4.69, 9.17) is 0 Å². The monoisotopic (exact) mass is 323 g/mol. The number of nitrogens with one attached hydrogen (secondary N) is 2. The summed E-state index contributed by atoms with van der Waals surface area (Å²) in [6.45, 7) is 2.36. The fraction of sp³-hybridized carbons (Fsp3) is 0.600. The van der Waals surface area contributed by atoms with Crippen LogP contribution >= 0.6 is 11.3 Å². The van der Waals surface area contributed by atoms with Crippen molar-refractivity contribution in [1.29, 1.82) is 0 Å². The van der Waals surface area contributed by atoms with Gasteiger partial charge in [-0.3, -0.25) is 9.59 Å². The van der Waals surface area contributed by atoms with Crippen molar-refractivity contribution in [3.63, 3.8) is 0 Å². The van der Waals surface area contributed by atoms with Crippen LogP contribution in [-0.4, -0.2) is 60.1 Å². The van der Waals surface area contributed by atoms with E-state index in [-0.39, 0.29) is 23.8 Å². The van der Waals surface area contributed by atoms with Crippen molar-refractivity contribution < 1.29 is 14.7 Å². The number of rotatable bonds is 4. The standard InChI is InChI=1S/C15H21N3O3S/c19-12-9-16-7-10(12)8-17-14(20)11-3-1-5-18(11)15(21)13-4-2-6-22-13/h2,4,6,10-12,16,19H,1,3,5,7-9H2,(H,17,20). The molecule has 3 heterocycles. The Morgan fingerprint density at radius 3 is 3.00 bits per heavy atom. The molecule has 3 rings (SSSR count). The Balaban J connectivity index is 1.58. The van der Waals surface area contributed by atoms with Gasteiger partial charge in [0.05, 0.1) is 11.0 Å². The zero-order valence-corrected chi connectivity index (χ0v) is 13.1. The number of β-amino-alcohol motifs (C(OH)–C–C–N with tert-alkyl or cyclic N) is 1. The number of aliphatic hydroxyl groups is 1. The molecule has 3 N–H and O–H groups in total. The summed E-state index contributed by atoms with van der Waals surface area (Å²) >= 11 is 1.40. The third-order valence-electron chi connectivity index (χ3n) is 4.39. The average Bonchev–Trinajstić information content (AvgIpc) is 3.25. The molecule has 0 saturated carbocycles. The van der Waals surface area contributed by atoms with Gasteiger partial charge in [0.2, 0.25) is 5.91 Å². The molecule has 0 aliphatic carbocycles. The summed E-state index contributed by atoms with van der Waals surface area (Å²) in [6.07, 6.45) is 1.14. The van der Waals surface area contributed by atoms with Gasteiger partial charge >= 0.3 is 0 Å². The predicted molar refractivity (Wildman–Crippen MR) is 83.8 cm³/mol. The van der Waals surface area contributed by atoms with Gasteiger partial charge in [-0.05, 0) is 24.3 Å². The number of nitrogens with zero attached hydrogens (tertiary/aromatic N) is 1. The molecule has 3 unspecified atom stereocenters. The van der Waals surface area contributed by atoms with E-state index in [0.29, 0.717) is 37.5 Å². The zero-order valence-electron chi connectivity index (χ0n) is 12.3. The molecule has 2 aliphatic rings. The second-order valence-electron chi connectivity index (χ2n) is 5.86. The van der Waals surface area contributed by atoms with Gasteiger partial charge in [0, 0.05) is 32.1 Å². The molecule has 22 heavy (non-hydrogen) atoms. The number of thiophene rings is 1. The van der Waals surface area contributed by atoms with E-state index in [1.165, 1.54) is 11.3 Å². The maximum absolute atomic E-state index is 12.4. The summed E-state index contributed by atoms with van der Waals surface area (Å²) in [4.78, 5) is 27.2. The first kappa shape index (κ1) is 15.5. The third-order valence-corrected chi connectivity index (χ3v) is 5.25. The summed E-state index contributed by atoms with van der Waals surface area (Å²) in [5, 5.41) is 17.6. The van der Waals surface area contributed by atoms with E-state index in [1.54, 1.807) is 11.0 Å². The van der Waals surface area contributed by atoms with Gasteiger partial charge in [-0.2, -0.15) is 0 Å². The summed E-state index contributed by atoms with van der Waals surface area (Å²) < 4.78 is 0. The third kappa shape index (κ3) is 3.16. The molecule has 1 aromatic heterocycles. The molecule has 7 heteroatoms. The number of amides is 2. The Kier molecular flexibility index (Phi) is 4.75. The van der Waals surface area contributed by atoms with E-state index in [0.717, 1.165) is 6.42 Å². The molecule has 2 aliphatic heterocycles. The van der Waals surface area contributed by atoms with Gasteiger partial charge in [0.1, 0.15) is 6.04 Å². The fourth-order valence-corrected chi connectivity index (χ4v) is 3.78. The van der Waals surface area contributed by atoms with Gasteiger partial charge in [0.25, 0.3) is 5.91 Å². The normalized spacial score (nSPS) is 28.0. The van der Waals surface area contributed by atoms with E-state index in [2.05, 4.69) is 10.6 Å². The van der Waals surface area contributed by atoms with Crippen molar-refractivity contribution in [1.82, 2.24) is 15.5 Å². The average molecular weight is 323 g/mol. The van der Waals surface area contributed by atoms with Crippen LogP contribution < -0.4 is 10.6 Å². The first-order chi connectivity index (χ1) is 10.7. The maximum Gasteiger partial charge on any atom is 0.264 e. The SMILES string of the molecule is O=C(NCC1CNCC1O)C1CCCN1C(=O)c1cccs1. The van der Waals surface area contributed by atoms with Crippen LogP contribution in [0.1, 0.15) is 22.5 Å². The lowest BCUT2D eigenvalue weighted by Gasteiger charge is -2.24. The number of hydrogen-bond donors (Lipinski definition) is 3. The zero-order chi connectivity index (χ0) is 15.5. The van der Waals surface area contributed by atoms with E-state index in [9.17, 15) is 14.7 Å². The predicted octanol–water partition coefficient (Wildman–Crippen LogP) is 0.0492. The van der Waals surface area contributed by atoms with Crippen molar-refractivity contribution in [3.8, 4) is 0 Å². The fourth-order valence-electron chi connectivity index (χ4n) is 3.10. The molecule has 2 saturated heterocycles. The molecular formula is C15H21N3O3S. The number of carbonyl (C=O) groups is 2. The minimum atomic E-state index is -0.410. The molecule has 1 aromatic rings. The molecule has 0 spiro atoms. The van der Waals surface area contributed by atoms with Crippen LogP contribution in [-0.2, 0) is 4.79 Å². The van der Waals surface area contributed by atoms with E-state index in [1.807, 2.05) is 11.4 Å².